The summed E-state index contributed by atoms with van der Waals surface area (Å²) in [6, 6.07) is 13.2. The van der Waals surface area contributed by atoms with Gasteiger partial charge in [0.25, 0.3) is 0 Å². The van der Waals surface area contributed by atoms with Gasteiger partial charge in [0.2, 0.25) is 0 Å². The average Bonchev–Trinajstić information content (AvgIpc) is 3.33. The van der Waals surface area contributed by atoms with Crippen molar-refractivity contribution in [3.63, 3.8) is 0 Å². The molecule has 1 spiro atoms. The Morgan fingerprint density at radius 2 is 2.12 bits per heavy atom. The molecule has 3 aromatic rings. The van der Waals surface area contributed by atoms with Gasteiger partial charge >= 0.3 is 6.09 Å². The van der Waals surface area contributed by atoms with E-state index in [1.54, 1.807) is 11.0 Å². The topological polar surface area (TPSA) is 61.0 Å². The molecule has 2 aliphatic rings. The Hall–Kier alpha value is -3.53. The first-order valence-electron chi connectivity index (χ1n) is 11.5. The lowest BCUT2D eigenvalue weighted by atomic mass is 9.68. The minimum atomic E-state index is -0.496. The lowest BCUT2D eigenvalue weighted by Gasteiger charge is -2.43. The van der Waals surface area contributed by atoms with Gasteiger partial charge in [0.05, 0.1) is 42.8 Å². The fourth-order valence-electron chi connectivity index (χ4n) is 5.53. The second-order valence-electron chi connectivity index (χ2n) is 9.57. The Labute approximate surface area is 193 Å². The first kappa shape index (κ1) is 21.3. The molecule has 0 bridgehead atoms. The van der Waals surface area contributed by atoms with Gasteiger partial charge in [0, 0.05) is 12.6 Å². The Balaban J connectivity index is 1.38. The van der Waals surface area contributed by atoms with Gasteiger partial charge in [-0.05, 0) is 62.3 Å². The van der Waals surface area contributed by atoms with Crippen LogP contribution >= 0.6 is 0 Å². The number of aromatic nitrogens is 2. The molecule has 1 aromatic heterocycles. The Morgan fingerprint density at radius 3 is 2.94 bits per heavy atom. The summed E-state index contributed by atoms with van der Waals surface area (Å²) in [5.74, 6) is 0.753. The highest BCUT2D eigenvalue weighted by molar-refractivity contribution is 5.90. The van der Waals surface area contributed by atoms with Crippen molar-refractivity contribution < 1.29 is 14.3 Å². The minimum absolute atomic E-state index is 0.0521. The zero-order valence-corrected chi connectivity index (χ0v) is 19.1. The summed E-state index contributed by atoms with van der Waals surface area (Å²) in [6.07, 6.45) is 5.27. The summed E-state index contributed by atoms with van der Waals surface area (Å²) in [5, 5.41) is 0. The van der Waals surface area contributed by atoms with Crippen molar-refractivity contribution >= 4 is 28.5 Å². The molecule has 33 heavy (non-hydrogen) atoms. The van der Waals surface area contributed by atoms with Gasteiger partial charge in [-0.25, -0.2) is 14.6 Å². The zero-order valence-electron chi connectivity index (χ0n) is 19.1. The van der Waals surface area contributed by atoms with E-state index in [2.05, 4.69) is 21.3 Å². The van der Waals surface area contributed by atoms with Crippen LogP contribution in [-0.2, 0) is 11.3 Å². The van der Waals surface area contributed by atoms with Crippen molar-refractivity contribution in [2.24, 2.45) is 5.41 Å². The Kier molecular flexibility index (Phi) is 5.24. The van der Waals surface area contributed by atoms with E-state index in [0.717, 1.165) is 54.7 Å². The van der Waals surface area contributed by atoms with Crippen molar-refractivity contribution in [2.75, 3.05) is 18.1 Å². The molecule has 170 valence electrons. The van der Waals surface area contributed by atoms with E-state index in [0.29, 0.717) is 18.8 Å². The number of anilines is 1. The molecule has 2 heterocycles. The normalized spacial score (nSPS) is 24.8. The first-order chi connectivity index (χ1) is 15.9. The number of carbonyl (C=O) groups excluding carboxylic acids is 1. The number of nitrogens with zero attached hydrogens (tertiary/aromatic N) is 4. The minimum Gasteiger partial charge on any atom is -0.494 e. The molecule has 2 fully saturated rings. The summed E-state index contributed by atoms with van der Waals surface area (Å²) in [6.45, 7) is 13.4. The standard InChI is InChI=1S/C26H28N4O3/c1-4-32-21-8-5-7-20(14-21)30-17-26(33-24(30)31)12-6-11-25(2,15-26)16-29-18-28-22-10-9-19(27-3)13-23(22)29/h5,7-10,13-14,18H,4,6,11-12,15-17H2,1-2H3/t25-,26?/m0/s1. The first-order valence-corrected chi connectivity index (χ1v) is 11.5. The molecule has 7 heteroatoms. The number of carbonyl (C=O) groups is 1. The SMILES string of the molecule is [C-]#[N+]c1ccc2ncn(C[C@@]3(C)CCCC4(CN(c5cccc(OCC)c5)C(=O)O4)C3)c2c1. The molecule has 1 unspecified atom stereocenters. The molecule has 7 nitrogen and oxygen atoms in total. The van der Waals surface area contributed by atoms with Crippen LogP contribution in [0, 0.1) is 12.0 Å². The van der Waals surface area contributed by atoms with Crippen molar-refractivity contribution in [3.8, 4) is 5.75 Å². The monoisotopic (exact) mass is 444 g/mol. The molecule has 2 aromatic carbocycles. The maximum absolute atomic E-state index is 12.9. The van der Waals surface area contributed by atoms with Crippen LogP contribution in [-0.4, -0.2) is 34.4 Å². The van der Waals surface area contributed by atoms with E-state index in [9.17, 15) is 4.79 Å². The fraction of sp³-hybridized carbons (Fsp3) is 0.423. The summed E-state index contributed by atoms with van der Waals surface area (Å²) in [7, 11) is 0. The van der Waals surface area contributed by atoms with E-state index in [1.165, 1.54) is 0 Å². The molecular weight excluding hydrogens is 416 g/mol. The van der Waals surface area contributed by atoms with Crippen LogP contribution in [0.2, 0.25) is 0 Å². The van der Waals surface area contributed by atoms with Gasteiger partial charge in [-0.2, -0.15) is 0 Å². The molecule has 0 radical (unpaired) electrons. The highest BCUT2D eigenvalue weighted by Crippen LogP contribution is 2.48. The fourth-order valence-corrected chi connectivity index (χ4v) is 5.53. The Bertz CT molecular complexity index is 1250. The molecule has 1 amide bonds. The van der Waals surface area contributed by atoms with Gasteiger partial charge in [-0.15, -0.1) is 0 Å². The number of imidazole rings is 1. The third-order valence-electron chi connectivity index (χ3n) is 6.86. The molecule has 5 rings (SSSR count). The molecule has 0 N–H and O–H groups in total. The van der Waals surface area contributed by atoms with Crippen LogP contribution in [0.5, 0.6) is 5.75 Å². The van der Waals surface area contributed by atoms with Gasteiger partial charge < -0.3 is 14.0 Å². The van der Waals surface area contributed by atoms with Gasteiger partial charge in [-0.1, -0.05) is 19.1 Å². The summed E-state index contributed by atoms with van der Waals surface area (Å²) in [5.41, 5.74) is 2.74. The van der Waals surface area contributed by atoms with Gasteiger partial charge in [0.1, 0.15) is 11.4 Å². The second kappa shape index (κ2) is 8.11. The molecular formula is C26H28N4O3. The van der Waals surface area contributed by atoms with E-state index < -0.39 is 5.60 Å². The number of rotatable bonds is 5. The summed E-state index contributed by atoms with van der Waals surface area (Å²) >= 11 is 0. The number of hydrogen-bond donors (Lipinski definition) is 0. The smallest absolute Gasteiger partial charge is 0.415 e. The average molecular weight is 445 g/mol. The van der Waals surface area contributed by atoms with Crippen molar-refractivity contribution in [1.82, 2.24) is 9.55 Å². The molecule has 1 aliphatic heterocycles. The summed E-state index contributed by atoms with van der Waals surface area (Å²) in [4.78, 5) is 22.7. The predicted octanol–water partition coefficient (Wildman–Crippen LogP) is 5.96. The van der Waals surface area contributed by atoms with Crippen LogP contribution in [0.25, 0.3) is 15.9 Å². The van der Waals surface area contributed by atoms with E-state index in [4.69, 9.17) is 16.0 Å². The maximum atomic E-state index is 12.9. The largest absolute Gasteiger partial charge is 0.494 e. The number of hydrogen-bond acceptors (Lipinski definition) is 4. The molecule has 1 aliphatic carbocycles. The van der Waals surface area contributed by atoms with Crippen molar-refractivity contribution in [3.05, 3.63) is 60.2 Å². The van der Waals surface area contributed by atoms with E-state index in [1.807, 2.05) is 49.6 Å². The van der Waals surface area contributed by atoms with Crippen molar-refractivity contribution in [1.29, 1.82) is 0 Å². The molecule has 2 atom stereocenters. The van der Waals surface area contributed by atoms with Crippen LogP contribution in [0.15, 0.2) is 48.8 Å². The molecule has 1 saturated carbocycles. The highest BCUT2D eigenvalue weighted by atomic mass is 16.6. The van der Waals surface area contributed by atoms with E-state index in [-0.39, 0.29) is 11.5 Å². The van der Waals surface area contributed by atoms with Gasteiger partial charge in [-0.3, -0.25) is 4.90 Å². The third-order valence-corrected chi connectivity index (χ3v) is 6.86. The quantitative estimate of drug-likeness (QED) is 0.456. The van der Waals surface area contributed by atoms with Crippen LogP contribution in [0.4, 0.5) is 16.2 Å². The van der Waals surface area contributed by atoms with E-state index >= 15 is 0 Å². The number of ether oxygens (including phenoxy) is 2. The van der Waals surface area contributed by atoms with Crippen molar-refractivity contribution in [2.45, 2.75) is 51.7 Å². The number of benzene rings is 2. The lowest BCUT2D eigenvalue weighted by Crippen LogP contribution is -2.45. The van der Waals surface area contributed by atoms with Gasteiger partial charge in [0.15, 0.2) is 5.69 Å². The summed E-state index contributed by atoms with van der Waals surface area (Å²) < 4.78 is 13.8. The maximum Gasteiger partial charge on any atom is 0.415 e. The lowest BCUT2D eigenvalue weighted by molar-refractivity contribution is -0.0264. The third kappa shape index (κ3) is 4.02. The zero-order chi connectivity index (χ0) is 23.1. The van der Waals surface area contributed by atoms with Crippen LogP contribution < -0.4 is 9.64 Å². The highest BCUT2D eigenvalue weighted by Gasteiger charge is 2.51. The second-order valence-corrected chi connectivity index (χ2v) is 9.57. The Morgan fingerprint density at radius 1 is 1.24 bits per heavy atom. The number of amides is 1. The molecule has 1 saturated heterocycles. The predicted molar refractivity (Wildman–Crippen MR) is 127 cm³/mol. The van der Waals surface area contributed by atoms with Crippen LogP contribution in [0.1, 0.15) is 39.5 Å². The number of fused-ring (bicyclic) bond motifs is 1. The van der Waals surface area contributed by atoms with Crippen LogP contribution in [0.3, 0.4) is 0 Å².